The third-order valence-electron chi connectivity index (χ3n) is 3.65. The van der Waals surface area contributed by atoms with Crippen molar-refractivity contribution in [1.82, 2.24) is 4.98 Å². The maximum Gasteiger partial charge on any atom is 0.287 e. The van der Waals surface area contributed by atoms with Gasteiger partial charge in [-0.2, -0.15) is 0 Å². The Morgan fingerprint density at radius 1 is 1.59 bits per heavy atom. The average molecular weight is 235 g/mol. The van der Waals surface area contributed by atoms with E-state index in [4.69, 9.17) is 0 Å². The topological polar surface area (TPSA) is 68.1 Å². The van der Waals surface area contributed by atoms with Crippen LogP contribution in [0.2, 0.25) is 0 Å². The summed E-state index contributed by atoms with van der Waals surface area (Å²) in [6.07, 6.45) is 5.93. The van der Waals surface area contributed by atoms with Crippen molar-refractivity contribution in [1.29, 1.82) is 0 Å². The quantitative estimate of drug-likeness (QED) is 0.643. The smallest absolute Gasteiger partial charge is 0.287 e. The van der Waals surface area contributed by atoms with Crippen LogP contribution in [0, 0.1) is 17.0 Å². The number of aryl methyl sites for hydroxylation is 1. The Morgan fingerprint density at radius 3 is 2.71 bits per heavy atom. The van der Waals surface area contributed by atoms with Gasteiger partial charge in [0.05, 0.1) is 4.92 Å². The summed E-state index contributed by atoms with van der Waals surface area (Å²) in [5.74, 6) is 0.775. The molecule has 0 aromatic carbocycles. The van der Waals surface area contributed by atoms with E-state index in [1.165, 1.54) is 12.6 Å². The monoisotopic (exact) mass is 235 g/mol. The van der Waals surface area contributed by atoms with E-state index in [1.54, 1.807) is 6.07 Å². The number of hydrogen-bond donors (Lipinski definition) is 1. The SMILES string of the molecule is CCC1(Nc2ncc([N+](=O)[O-])cc2C)CCC1. The Balaban J connectivity index is 2.19. The minimum atomic E-state index is -0.414. The highest BCUT2D eigenvalue weighted by molar-refractivity contribution is 5.50. The Kier molecular flexibility index (Phi) is 3.00. The minimum absolute atomic E-state index is 0.0483. The van der Waals surface area contributed by atoms with Crippen LogP contribution in [0.15, 0.2) is 12.3 Å². The number of pyridine rings is 1. The predicted octanol–water partition coefficient (Wildman–Crippen LogP) is 3.04. The number of nitrogens with one attached hydrogen (secondary N) is 1. The number of anilines is 1. The lowest BCUT2D eigenvalue weighted by molar-refractivity contribution is -0.385. The summed E-state index contributed by atoms with van der Waals surface area (Å²) in [6, 6.07) is 1.57. The molecule has 92 valence electrons. The lowest BCUT2D eigenvalue weighted by atomic mass is 9.75. The molecule has 2 rings (SSSR count). The van der Waals surface area contributed by atoms with Crippen molar-refractivity contribution in [3.05, 3.63) is 27.9 Å². The molecule has 5 nitrogen and oxygen atoms in total. The normalized spacial score (nSPS) is 17.3. The van der Waals surface area contributed by atoms with Crippen molar-refractivity contribution in [2.75, 3.05) is 5.32 Å². The summed E-state index contributed by atoms with van der Waals surface area (Å²) in [6.45, 7) is 4.01. The third kappa shape index (κ3) is 2.23. The molecule has 1 aliphatic rings. The lowest BCUT2D eigenvalue weighted by Gasteiger charge is -2.42. The van der Waals surface area contributed by atoms with Gasteiger partial charge < -0.3 is 5.32 Å². The van der Waals surface area contributed by atoms with E-state index in [-0.39, 0.29) is 11.2 Å². The number of nitro groups is 1. The lowest BCUT2D eigenvalue weighted by Crippen LogP contribution is -2.44. The molecule has 1 aromatic rings. The molecule has 0 amide bonds. The van der Waals surface area contributed by atoms with Crippen LogP contribution in [0.5, 0.6) is 0 Å². The molecule has 0 atom stereocenters. The molecule has 0 unspecified atom stereocenters. The Bertz CT molecular complexity index is 436. The van der Waals surface area contributed by atoms with Crippen LogP contribution in [0.4, 0.5) is 11.5 Å². The van der Waals surface area contributed by atoms with Gasteiger partial charge in [0.15, 0.2) is 0 Å². The van der Waals surface area contributed by atoms with Gasteiger partial charge in [-0.1, -0.05) is 6.92 Å². The maximum absolute atomic E-state index is 10.6. The molecule has 0 aliphatic heterocycles. The van der Waals surface area contributed by atoms with Gasteiger partial charge in [-0.25, -0.2) is 4.98 Å². The molecule has 1 aliphatic carbocycles. The summed E-state index contributed by atoms with van der Waals surface area (Å²) in [5, 5.41) is 14.1. The van der Waals surface area contributed by atoms with Crippen molar-refractivity contribution in [3.8, 4) is 0 Å². The second-order valence-electron chi connectivity index (χ2n) is 4.73. The predicted molar refractivity (Wildman–Crippen MR) is 66.1 cm³/mol. The Hall–Kier alpha value is -1.65. The third-order valence-corrected chi connectivity index (χ3v) is 3.65. The van der Waals surface area contributed by atoms with Gasteiger partial charge in [0.2, 0.25) is 0 Å². The average Bonchev–Trinajstić information content (AvgIpc) is 2.25. The molecule has 1 aromatic heterocycles. The second-order valence-corrected chi connectivity index (χ2v) is 4.73. The highest BCUT2D eigenvalue weighted by Gasteiger charge is 2.35. The second kappa shape index (κ2) is 4.31. The molecule has 0 spiro atoms. The zero-order chi connectivity index (χ0) is 12.5. The first-order valence-corrected chi connectivity index (χ1v) is 5.95. The summed E-state index contributed by atoms with van der Waals surface area (Å²) < 4.78 is 0. The molecule has 1 saturated carbocycles. The standard InChI is InChI=1S/C12H17N3O2/c1-3-12(5-4-6-12)14-11-9(2)7-10(8-13-11)15(16)17/h7-8H,3-6H2,1-2H3,(H,13,14). The van der Waals surface area contributed by atoms with Gasteiger partial charge in [-0.05, 0) is 38.2 Å². The molecule has 5 heteroatoms. The van der Waals surface area contributed by atoms with Gasteiger partial charge in [0.25, 0.3) is 5.69 Å². The van der Waals surface area contributed by atoms with Gasteiger partial charge in [-0.15, -0.1) is 0 Å². The maximum atomic E-state index is 10.6. The summed E-state index contributed by atoms with van der Waals surface area (Å²) in [4.78, 5) is 14.4. The number of aromatic nitrogens is 1. The van der Waals surface area contributed by atoms with E-state index in [1.807, 2.05) is 6.92 Å². The van der Waals surface area contributed by atoms with Crippen LogP contribution in [-0.2, 0) is 0 Å². The molecule has 1 N–H and O–H groups in total. The van der Waals surface area contributed by atoms with Crippen LogP contribution in [0.1, 0.15) is 38.2 Å². The Morgan fingerprint density at radius 2 is 2.29 bits per heavy atom. The van der Waals surface area contributed by atoms with Crippen molar-refractivity contribution in [3.63, 3.8) is 0 Å². The molecule has 1 heterocycles. The minimum Gasteiger partial charge on any atom is -0.364 e. The molecular formula is C12H17N3O2. The zero-order valence-corrected chi connectivity index (χ0v) is 10.2. The fourth-order valence-corrected chi connectivity index (χ4v) is 2.21. The van der Waals surface area contributed by atoms with Crippen LogP contribution >= 0.6 is 0 Å². The van der Waals surface area contributed by atoms with Crippen LogP contribution in [-0.4, -0.2) is 15.4 Å². The highest BCUT2D eigenvalue weighted by atomic mass is 16.6. The van der Waals surface area contributed by atoms with Crippen molar-refractivity contribution in [2.45, 2.75) is 45.1 Å². The fourth-order valence-electron chi connectivity index (χ4n) is 2.21. The molecule has 17 heavy (non-hydrogen) atoms. The van der Waals surface area contributed by atoms with E-state index in [0.717, 1.165) is 30.6 Å². The molecule has 0 bridgehead atoms. The van der Waals surface area contributed by atoms with Crippen LogP contribution in [0.3, 0.4) is 0 Å². The van der Waals surface area contributed by atoms with Gasteiger partial charge in [-0.3, -0.25) is 10.1 Å². The largest absolute Gasteiger partial charge is 0.364 e. The number of rotatable bonds is 4. The molecular weight excluding hydrogens is 218 g/mol. The summed E-state index contributed by atoms with van der Waals surface area (Å²) >= 11 is 0. The van der Waals surface area contributed by atoms with Crippen molar-refractivity contribution >= 4 is 11.5 Å². The first-order valence-electron chi connectivity index (χ1n) is 5.95. The van der Waals surface area contributed by atoms with E-state index >= 15 is 0 Å². The van der Waals surface area contributed by atoms with Gasteiger partial charge in [0, 0.05) is 11.6 Å². The van der Waals surface area contributed by atoms with E-state index in [9.17, 15) is 10.1 Å². The summed E-state index contributed by atoms with van der Waals surface area (Å²) in [5.41, 5.74) is 1.04. The molecule has 0 saturated heterocycles. The highest BCUT2D eigenvalue weighted by Crippen LogP contribution is 2.38. The van der Waals surface area contributed by atoms with E-state index in [2.05, 4.69) is 17.2 Å². The first kappa shape index (κ1) is 11.8. The number of nitrogens with zero attached hydrogens (tertiary/aromatic N) is 2. The van der Waals surface area contributed by atoms with Crippen LogP contribution < -0.4 is 5.32 Å². The molecule has 0 radical (unpaired) electrons. The van der Waals surface area contributed by atoms with Crippen molar-refractivity contribution in [2.24, 2.45) is 0 Å². The van der Waals surface area contributed by atoms with E-state index < -0.39 is 4.92 Å². The summed E-state index contributed by atoms with van der Waals surface area (Å²) in [7, 11) is 0. The zero-order valence-electron chi connectivity index (χ0n) is 10.2. The number of hydrogen-bond acceptors (Lipinski definition) is 4. The Labute approximate surface area is 100 Å². The van der Waals surface area contributed by atoms with Gasteiger partial charge in [0.1, 0.15) is 12.0 Å². The fraction of sp³-hybridized carbons (Fsp3) is 0.583. The first-order chi connectivity index (χ1) is 8.06. The molecule has 1 fully saturated rings. The van der Waals surface area contributed by atoms with Gasteiger partial charge >= 0.3 is 0 Å². The van der Waals surface area contributed by atoms with Crippen molar-refractivity contribution < 1.29 is 4.92 Å². The van der Waals surface area contributed by atoms with E-state index in [0.29, 0.717) is 0 Å². The van der Waals surface area contributed by atoms with Crippen LogP contribution in [0.25, 0.3) is 0 Å².